The lowest BCUT2D eigenvalue weighted by atomic mass is 9.96. The van der Waals surface area contributed by atoms with Crippen molar-refractivity contribution in [2.45, 2.75) is 31.2 Å². The summed E-state index contributed by atoms with van der Waals surface area (Å²) in [6.45, 7) is 0.916. The molecule has 1 saturated carbocycles. The van der Waals surface area contributed by atoms with E-state index in [2.05, 4.69) is 35.4 Å². The number of pyridine rings is 1. The maximum Gasteiger partial charge on any atom is 0.126 e. The zero-order valence-electron chi connectivity index (χ0n) is 11.1. The van der Waals surface area contributed by atoms with Crippen molar-refractivity contribution in [2.24, 2.45) is 0 Å². The first-order valence-corrected chi connectivity index (χ1v) is 6.44. The van der Waals surface area contributed by atoms with Crippen LogP contribution in [-0.4, -0.2) is 36.1 Å². The van der Waals surface area contributed by atoms with Gasteiger partial charge in [-0.25, -0.2) is 4.98 Å². The monoisotopic (exact) mass is 244 g/mol. The Balaban J connectivity index is 1.99. The predicted octanol–water partition coefficient (Wildman–Crippen LogP) is 2.24. The highest BCUT2D eigenvalue weighted by molar-refractivity contribution is 5.39. The average Bonchev–Trinajstić information content (AvgIpc) is 2.87. The van der Waals surface area contributed by atoms with Crippen LogP contribution >= 0.6 is 0 Å². The van der Waals surface area contributed by atoms with E-state index >= 15 is 0 Å². The van der Waals surface area contributed by atoms with E-state index in [1.807, 2.05) is 6.07 Å². The zero-order valence-corrected chi connectivity index (χ0v) is 11.1. The Morgan fingerprint density at radius 1 is 1.39 bits per heavy atom. The molecular weight excluding hydrogens is 224 g/mol. The van der Waals surface area contributed by atoms with Crippen LogP contribution in [-0.2, 0) is 0 Å². The van der Waals surface area contributed by atoms with E-state index in [1.165, 1.54) is 25.7 Å². The first-order chi connectivity index (χ1) is 8.66. The number of likely N-dealkylation sites (N-methyl/N-ethyl adjacent to an activating group) is 1. The SMILES string of the molecule is CN(C)C1(CNc2ccc(C#N)cn2)CCCC1. The van der Waals surface area contributed by atoms with Crippen molar-refractivity contribution in [1.29, 1.82) is 5.26 Å². The van der Waals surface area contributed by atoms with E-state index in [1.54, 1.807) is 12.3 Å². The van der Waals surface area contributed by atoms with E-state index < -0.39 is 0 Å². The number of nitrogens with zero attached hydrogens (tertiary/aromatic N) is 3. The molecule has 1 heterocycles. The van der Waals surface area contributed by atoms with Crippen molar-refractivity contribution in [3.05, 3.63) is 23.9 Å². The van der Waals surface area contributed by atoms with Crippen LogP contribution in [0.25, 0.3) is 0 Å². The molecule has 0 amide bonds. The summed E-state index contributed by atoms with van der Waals surface area (Å²) in [4.78, 5) is 6.58. The van der Waals surface area contributed by atoms with Gasteiger partial charge in [-0.1, -0.05) is 12.8 Å². The van der Waals surface area contributed by atoms with Crippen LogP contribution in [0.1, 0.15) is 31.2 Å². The number of hydrogen-bond acceptors (Lipinski definition) is 4. The number of rotatable bonds is 4. The van der Waals surface area contributed by atoms with Gasteiger partial charge in [0, 0.05) is 18.3 Å². The molecule has 0 atom stereocenters. The fraction of sp³-hybridized carbons (Fsp3) is 0.571. The largest absolute Gasteiger partial charge is 0.368 e. The second-order valence-electron chi connectivity index (χ2n) is 5.22. The quantitative estimate of drug-likeness (QED) is 0.882. The third-order valence-corrected chi connectivity index (χ3v) is 3.97. The molecule has 0 radical (unpaired) electrons. The molecular formula is C14H20N4. The fourth-order valence-electron chi connectivity index (χ4n) is 2.63. The summed E-state index contributed by atoms with van der Waals surface area (Å²) in [6.07, 6.45) is 6.70. The van der Waals surface area contributed by atoms with Crippen LogP contribution in [0.3, 0.4) is 0 Å². The predicted molar refractivity (Wildman–Crippen MR) is 72.3 cm³/mol. The number of nitrogens with one attached hydrogen (secondary N) is 1. The number of anilines is 1. The van der Waals surface area contributed by atoms with Gasteiger partial charge in [0.1, 0.15) is 11.9 Å². The van der Waals surface area contributed by atoms with E-state index in [4.69, 9.17) is 5.26 Å². The molecule has 1 aliphatic carbocycles. The molecule has 1 aromatic rings. The smallest absolute Gasteiger partial charge is 0.126 e. The highest BCUT2D eigenvalue weighted by Crippen LogP contribution is 2.33. The summed E-state index contributed by atoms with van der Waals surface area (Å²) in [5.41, 5.74) is 0.860. The Labute approximate surface area is 109 Å². The van der Waals surface area contributed by atoms with Crippen LogP contribution in [0, 0.1) is 11.3 Å². The Hall–Kier alpha value is -1.60. The summed E-state index contributed by atoms with van der Waals surface area (Å²) in [5, 5.41) is 12.1. The fourth-order valence-corrected chi connectivity index (χ4v) is 2.63. The lowest BCUT2D eigenvalue weighted by Gasteiger charge is -2.36. The molecule has 1 aromatic heterocycles. The summed E-state index contributed by atoms with van der Waals surface area (Å²) in [5.74, 6) is 0.849. The first-order valence-electron chi connectivity index (χ1n) is 6.44. The Bertz CT molecular complexity index is 424. The van der Waals surface area contributed by atoms with Gasteiger partial charge in [-0.3, -0.25) is 0 Å². The molecule has 2 rings (SSSR count). The van der Waals surface area contributed by atoms with Gasteiger partial charge in [-0.15, -0.1) is 0 Å². The molecule has 4 heteroatoms. The van der Waals surface area contributed by atoms with E-state index in [-0.39, 0.29) is 5.54 Å². The van der Waals surface area contributed by atoms with Gasteiger partial charge in [0.05, 0.1) is 5.56 Å². The molecule has 0 spiro atoms. The molecule has 0 aromatic carbocycles. The molecule has 1 aliphatic rings. The van der Waals surface area contributed by atoms with Crippen LogP contribution in [0.15, 0.2) is 18.3 Å². The minimum absolute atomic E-state index is 0.260. The number of hydrogen-bond donors (Lipinski definition) is 1. The van der Waals surface area contributed by atoms with Gasteiger partial charge in [0.15, 0.2) is 0 Å². The van der Waals surface area contributed by atoms with Crippen molar-refractivity contribution >= 4 is 5.82 Å². The van der Waals surface area contributed by atoms with Crippen LogP contribution in [0.5, 0.6) is 0 Å². The lowest BCUT2D eigenvalue weighted by molar-refractivity contribution is 0.172. The van der Waals surface area contributed by atoms with Crippen molar-refractivity contribution in [2.75, 3.05) is 26.0 Å². The average molecular weight is 244 g/mol. The molecule has 18 heavy (non-hydrogen) atoms. The third-order valence-electron chi connectivity index (χ3n) is 3.97. The molecule has 1 fully saturated rings. The zero-order chi connectivity index (χ0) is 13.0. The van der Waals surface area contributed by atoms with E-state index in [0.29, 0.717) is 5.56 Å². The Morgan fingerprint density at radius 2 is 2.11 bits per heavy atom. The van der Waals surface area contributed by atoms with Gasteiger partial charge in [0.2, 0.25) is 0 Å². The highest BCUT2D eigenvalue weighted by Gasteiger charge is 2.35. The molecule has 1 N–H and O–H groups in total. The maximum atomic E-state index is 8.73. The van der Waals surface area contributed by atoms with Gasteiger partial charge >= 0.3 is 0 Å². The van der Waals surface area contributed by atoms with E-state index in [0.717, 1.165) is 12.4 Å². The van der Waals surface area contributed by atoms with Crippen molar-refractivity contribution in [1.82, 2.24) is 9.88 Å². The lowest BCUT2D eigenvalue weighted by Crippen LogP contribution is -2.47. The maximum absolute atomic E-state index is 8.73. The summed E-state index contributed by atoms with van der Waals surface area (Å²) >= 11 is 0. The summed E-state index contributed by atoms with van der Waals surface area (Å²) in [7, 11) is 4.30. The van der Waals surface area contributed by atoms with Gasteiger partial charge in [0.25, 0.3) is 0 Å². The standard InChI is InChI=1S/C14H20N4/c1-18(2)14(7-3-4-8-14)11-17-13-6-5-12(9-15)10-16-13/h5-6,10H,3-4,7-8,11H2,1-2H3,(H,16,17). The van der Waals surface area contributed by atoms with Gasteiger partial charge < -0.3 is 10.2 Å². The Morgan fingerprint density at radius 3 is 2.61 bits per heavy atom. The van der Waals surface area contributed by atoms with Crippen LogP contribution < -0.4 is 5.32 Å². The van der Waals surface area contributed by atoms with Crippen molar-refractivity contribution in [3.8, 4) is 6.07 Å². The molecule has 0 saturated heterocycles. The number of nitriles is 1. The summed E-state index contributed by atoms with van der Waals surface area (Å²) < 4.78 is 0. The van der Waals surface area contributed by atoms with Crippen molar-refractivity contribution < 1.29 is 0 Å². The van der Waals surface area contributed by atoms with Crippen LogP contribution in [0.4, 0.5) is 5.82 Å². The first kappa shape index (κ1) is 12.8. The topological polar surface area (TPSA) is 52.0 Å². The van der Waals surface area contributed by atoms with Gasteiger partial charge in [-0.05, 0) is 39.1 Å². The number of aromatic nitrogens is 1. The van der Waals surface area contributed by atoms with Crippen molar-refractivity contribution in [3.63, 3.8) is 0 Å². The summed E-state index contributed by atoms with van der Waals surface area (Å²) in [6, 6.07) is 5.75. The van der Waals surface area contributed by atoms with Crippen LogP contribution in [0.2, 0.25) is 0 Å². The highest BCUT2D eigenvalue weighted by atomic mass is 15.2. The minimum atomic E-state index is 0.260. The minimum Gasteiger partial charge on any atom is -0.368 e. The van der Waals surface area contributed by atoms with Gasteiger partial charge in [-0.2, -0.15) is 5.26 Å². The molecule has 4 nitrogen and oxygen atoms in total. The molecule has 0 bridgehead atoms. The molecule has 96 valence electrons. The Kier molecular flexibility index (Phi) is 3.83. The normalized spacial score (nSPS) is 17.7. The molecule has 0 unspecified atom stereocenters. The second kappa shape index (κ2) is 5.36. The van der Waals surface area contributed by atoms with E-state index in [9.17, 15) is 0 Å². The molecule has 0 aliphatic heterocycles. The third kappa shape index (κ3) is 2.62. The second-order valence-corrected chi connectivity index (χ2v) is 5.22.